The standard InChI is InChI=1S/C12H13NO/c1-7-6-8(2)10-4-5-13-12(14)11(10)9(7)3/h4-6H,1-3H3,(H,13,14). The molecule has 0 unspecified atom stereocenters. The largest absolute Gasteiger partial charge is 0.329 e. The molecule has 0 radical (unpaired) electrons. The summed E-state index contributed by atoms with van der Waals surface area (Å²) in [5.74, 6) is 0. The maximum Gasteiger partial charge on any atom is 0.256 e. The second-order valence-electron chi connectivity index (χ2n) is 3.73. The third-order valence-electron chi connectivity index (χ3n) is 2.79. The molecule has 1 aromatic heterocycles. The molecule has 1 heterocycles. The summed E-state index contributed by atoms with van der Waals surface area (Å²) in [4.78, 5) is 14.4. The van der Waals surface area contributed by atoms with Gasteiger partial charge in [-0.1, -0.05) is 6.07 Å². The molecule has 0 fully saturated rings. The number of fused-ring (bicyclic) bond motifs is 1. The average molecular weight is 187 g/mol. The van der Waals surface area contributed by atoms with Gasteiger partial charge in [-0.2, -0.15) is 0 Å². The number of pyridine rings is 1. The lowest BCUT2D eigenvalue weighted by molar-refractivity contribution is 1.24. The maximum absolute atomic E-state index is 11.6. The smallest absolute Gasteiger partial charge is 0.256 e. The first-order chi connectivity index (χ1) is 6.61. The van der Waals surface area contributed by atoms with Gasteiger partial charge in [0, 0.05) is 6.20 Å². The Labute approximate surface area is 82.6 Å². The number of hydrogen-bond donors (Lipinski definition) is 1. The van der Waals surface area contributed by atoms with Gasteiger partial charge in [-0.3, -0.25) is 4.79 Å². The second-order valence-corrected chi connectivity index (χ2v) is 3.73. The minimum atomic E-state index is 0.00630. The minimum absolute atomic E-state index is 0.00630. The monoisotopic (exact) mass is 187 g/mol. The molecule has 0 bridgehead atoms. The van der Waals surface area contributed by atoms with Crippen LogP contribution in [0.2, 0.25) is 0 Å². The van der Waals surface area contributed by atoms with Gasteiger partial charge in [0.1, 0.15) is 0 Å². The Kier molecular flexibility index (Phi) is 1.92. The molecule has 72 valence electrons. The number of aromatic amines is 1. The van der Waals surface area contributed by atoms with Crippen LogP contribution in [0, 0.1) is 20.8 Å². The fourth-order valence-electron chi connectivity index (χ4n) is 1.89. The molecule has 0 amide bonds. The first kappa shape index (κ1) is 9.00. The lowest BCUT2D eigenvalue weighted by atomic mass is 9.98. The van der Waals surface area contributed by atoms with E-state index in [2.05, 4.69) is 11.1 Å². The topological polar surface area (TPSA) is 32.9 Å². The van der Waals surface area contributed by atoms with E-state index in [1.807, 2.05) is 26.8 Å². The van der Waals surface area contributed by atoms with E-state index in [1.54, 1.807) is 6.20 Å². The molecule has 2 rings (SSSR count). The molecule has 0 aliphatic carbocycles. The first-order valence-corrected chi connectivity index (χ1v) is 4.69. The van der Waals surface area contributed by atoms with Crippen molar-refractivity contribution in [2.75, 3.05) is 0 Å². The van der Waals surface area contributed by atoms with Crippen LogP contribution in [0.3, 0.4) is 0 Å². The highest BCUT2D eigenvalue weighted by Crippen LogP contribution is 2.21. The van der Waals surface area contributed by atoms with Crippen LogP contribution in [0.25, 0.3) is 10.8 Å². The van der Waals surface area contributed by atoms with Crippen LogP contribution in [0.4, 0.5) is 0 Å². The minimum Gasteiger partial charge on any atom is -0.329 e. The van der Waals surface area contributed by atoms with E-state index in [9.17, 15) is 4.79 Å². The maximum atomic E-state index is 11.6. The van der Waals surface area contributed by atoms with Crippen LogP contribution in [0.1, 0.15) is 16.7 Å². The Balaban J connectivity index is 3.11. The van der Waals surface area contributed by atoms with Gasteiger partial charge in [-0.25, -0.2) is 0 Å². The van der Waals surface area contributed by atoms with Gasteiger partial charge >= 0.3 is 0 Å². The number of H-pyrrole nitrogens is 1. The predicted molar refractivity (Wildman–Crippen MR) is 58.8 cm³/mol. The zero-order valence-electron chi connectivity index (χ0n) is 8.64. The highest BCUT2D eigenvalue weighted by atomic mass is 16.1. The summed E-state index contributed by atoms with van der Waals surface area (Å²) >= 11 is 0. The lowest BCUT2D eigenvalue weighted by Crippen LogP contribution is -2.07. The van der Waals surface area contributed by atoms with E-state index in [0.29, 0.717) is 0 Å². The Morgan fingerprint density at radius 2 is 1.86 bits per heavy atom. The summed E-state index contributed by atoms with van der Waals surface area (Å²) in [7, 11) is 0. The van der Waals surface area contributed by atoms with Gasteiger partial charge in [-0.05, 0) is 48.9 Å². The predicted octanol–water partition coefficient (Wildman–Crippen LogP) is 2.45. The lowest BCUT2D eigenvalue weighted by Gasteiger charge is -2.07. The van der Waals surface area contributed by atoms with Crippen LogP contribution < -0.4 is 5.56 Å². The summed E-state index contributed by atoms with van der Waals surface area (Å²) in [6.45, 7) is 6.06. The number of aryl methyl sites for hydroxylation is 3. The van der Waals surface area contributed by atoms with Gasteiger partial charge in [0.15, 0.2) is 0 Å². The molecule has 14 heavy (non-hydrogen) atoms. The molecule has 0 aliphatic heterocycles. The summed E-state index contributed by atoms with van der Waals surface area (Å²) in [6, 6.07) is 4.08. The summed E-state index contributed by atoms with van der Waals surface area (Å²) < 4.78 is 0. The molecule has 2 nitrogen and oxygen atoms in total. The van der Waals surface area contributed by atoms with E-state index in [0.717, 1.165) is 21.9 Å². The van der Waals surface area contributed by atoms with E-state index < -0.39 is 0 Å². The molecule has 0 atom stereocenters. The molecule has 1 N–H and O–H groups in total. The van der Waals surface area contributed by atoms with E-state index in [1.165, 1.54) is 5.56 Å². The summed E-state index contributed by atoms with van der Waals surface area (Å²) in [5, 5.41) is 1.88. The molecule has 0 aliphatic rings. The van der Waals surface area contributed by atoms with E-state index in [4.69, 9.17) is 0 Å². The first-order valence-electron chi connectivity index (χ1n) is 4.69. The Hall–Kier alpha value is -1.57. The van der Waals surface area contributed by atoms with Crippen molar-refractivity contribution in [2.24, 2.45) is 0 Å². The van der Waals surface area contributed by atoms with Gasteiger partial charge < -0.3 is 4.98 Å². The van der Waals surface area contributed by atoms with Crippen molar-refractivity contribution in [1.82, 2.24) is 4.98 Å². The van der Waals surface area contributed by atoms with Crippen LogP contribution in [0.15, 0.2) is 23.1 Å². The molecular formula is C12H13NO. The van der Waals surface area contributed by atoms with Gasteiger partial charge in [0.05, 0.1) is 5.39 Å². The molecule has 2 aromatic rings. The van der Waals surface area contributed by atoms with Crippen molar-refractivity contribution < 1.29 is 0 Å². The average Bonchev–Trinajstić information content (AvgIpc) is 2.14. The third-order valence-corrected chi connectivity index (χ3v) is 2.79. The number of aromatic nitrogens is 1. The molecule has 2 heteroatoms. The van der Waals surface area contributed by atoms with Crippen molar-refractivity contribution in [1.29, 1.82) is 0 Å². The molecule has 1 aromatic carbocycles. The number of benzene rings is 1. The second kappa shape index (κ2) is 2.98. The SMILES string of the molecule is Cc1cc(C)c2cc[nH]c(=O)c2c1C. The molecule has 0 saturated heterocycles. The quantitative estimate of drug-likeness (QED) is 0.675. The van der Waals surface area contributed by atoms with Crippen LogP contribution in [-0.2, 0) is 0 Å². The van der Waals surface area contributed by atoms with Crippen molar-refractivity contribution in [2.45, 2.75) is 20.8 Å². The van der Waals surface area contributed by atoms with Crippen LogP contribution in [-0.4, -0.2) is 4.98 Å². The van der Waals surface area contributed by atoms with Gasteiger partial charge in [0.2, 0.25) is 0 Å². The van der Waals surface area contributed by atoms with Gasteiger partial charge in [-0.15, -0.1) is 0 Å². The number of hydrogen-bond acceptors (Lipinski definition) is 1. The molecule has 0 saturated carbocycles. The third kappa shape index (κ3) is 1.15. The zero-order valence-corrected chi connectivity index (χ0v) is 8.64. The number of nitrogens with one attached hydrogen (secondary N) is 1. The van der Waals surface area contributed by atoms with Crippen LogP contribution >= 0.6 is 0 Å². The highest BCUT2D eigenvalue weighted by Gasteiger charge is 2.06. The summed E-state index contributed by atoms with van der Waals surface area (Å²) in [5.41, 5.74) is 3.42. The zero-order chi connectivity index (χ0) is 10.3. The van der Waals surface area contributed by atoms with E-state index in [-0.39, 0.29) is 5.56 Å². The fourth-order valence-corrected chi connectivity index (χ4v) is 1.89. The summed E-state index contributed by atoms with van der Waals surface area (Å²) in [6.07, 6.45) is 1.70. The fraction of sp³-hybridized carbons (Fsp3) is 0.250. The van der Waals surface area contributed by atoms with Gasteiger partial charge in [0.25, 0.3) is 5.56 Å². The van der Waals surface area contributed by atoms with Crippen molar-refractivity contribution >= 4 is 10.8 Å². The number of rotatable bonds is 0. The van der Waals surface area contributed by atoms with Crippen molar-refractivity contribution in [3.05, 3.63) is 45.4 Å². The Morgan fingerprint density at radius 1 is 1.14 bits per heavy atom. The molecular weight excluding hydrogens is 174 g/mol. The van der Waals surface area contributed by atoms with Crippen molar-refractivity contribution in [3.63, 3.8) is 0 Å². The van der Waals surface area contributed by atoms with Crippen LogP contribution in [0.5, 0.6) is 0 Å². The Morgan fingerprint density at radius 3 is 2.57 bits per heavy atom. The van der Waals surface area contributed by atoms with E-state index >= 15 is 0 Å². The molecule has 0 spiro atoms. The highest BCUT2D eigenvalue weighted by molar-refractivity contribution is 5.88. The van der Waals surface area contributed by atoms with Crippen molar-refractivity contribution in [3.8, 4) is 0 Å². The Bertz CT molecular complexity index is 552. The normalized spacial score (nSPS) is 10.8.